The molecule has 0 saturated heterocycles. The molecule has 0 radical (unpaired) electrons. The lowest BCUT2D eigenvalue weighted by Gasteiger charge is -2.11. The molecule has 120 valence electrons. The van der Waals surface area contributed by atoms with Crippen molar-refractivity contribution in [1.82, 2.24) is 0 Å². The predicted molar refractivity (Wildman–Crippen MR) is 105 cm³/mol. The normalized spacial score (nSPS) is 11.7. The molecule has 5 rings (SSSR count). The second-order valence-electron chi connectivity index (χ2n) is 6.69. The van der Waals surface area contributed by atoms with Crippen LogP contribution in [-0.2, 0) is 0 Å². The van der Waals surface area contributed by atoms with Crippen LogP contribution in [0.2, 0.25) is 0 Å². The molecule has 5 aromatic rings. The summed E-state index contributed by atoms with van der Waals surface area (Å²) in [6, 6.07) is 22.0. The van der Waals surface area contributed by atoms with Gasteiger partial charge in [0.25, 0.3) is 0 Å². The van der Waals surface area contributed by atoms with Crippen molar-refractivity contribution in [3.8, 4) is 11.5 Å². The van der Waals surface area contributed by atoms with Crippen molar-refractivity contribution < 1.29 is 10.2 Å². The molecule has 5 aromatic carbocycles. The number of hydrogen-bond donors (Lipinski definition) is 2. The van der Waals surface area contributed by atoms with E-state index >= 15 is 0 Å². The maximum Gasteiger partial charge on any atom is 0.131 e. The van der Waals surface area contributed by atoms with Gasteiger partial charge in [-0.15, -0.1) is 0 Å². The van der Waals surface area contributed by atoms with Crippen molar-refractivity contribution in [1.29, 1.82) is 0 Å². The Morgan fingerprint density at radius 1 is 0.520 bits per heavy atom. The van der Waals surface area contributed by atoms with Gasteiger partial charge in [-0.3, -0.25) is 0 Å². The summed E-state index contributed by atoms with van der Waals surface area (Å²) >= 11 is 0. The fourth-order valence-corrected chi connectivity index (χ4v) is 3.75. The Bertz CT molecular complexity index is 1320. The summed E-state index contributed by atoms with van der Waals surface area (Å²) < 4.78 is 0. The van der Waals surface area contributed by atoms with Crippen molar-refractivity contribution in [2.24, 2.45) is 0 Å². The first-order valence-corrected chi connectivity index (χ1v) is 8.32. The summed E-state index contributed by atoms with van der Waals surface area (Å²) in [4.78, 5) is 0. The summed E-state index contributed by atoms with van der Waals surface area (Å²) in [6.07, 6.45) is 0. The molecule has 0 aliphatic rings. The molecular formula is C23H16O2. The van der Waals surface area contributed by atoms with Crippen LogP contribution in [0.15, 0.2) is 66.7 Å². The van der Waals surface area contributed by atoms with E-state index in [1.165, 1.54) is 0 Å². The lowest BCUT2D eigenvalue weighted by atomic mass is 9.95. The Kier molecular flexibility index (Phi) is 2.75. The number of phenols is 2. The molecule has 0 atom stereocenters. The summed E-state index contributed by atoms with van der Waals surface area (Å²) in [5.41, 5.74) is 1.11. The van der Waals surface area contributed by atoms with Gasteiger partial charge in [-0.1, -0.05) is 42.0 Å². The Morgan fingerprint density at radius 2 is 1.08 bits per heavy atom. The van der Waals surface area contributed by atoms with Gasteiger partial charge in [0, 0.05) is 21.5 Å². The van der Waals surface area contributed by atoms with Crippen LogP contribution in [-0.4, -0.2) is 10.2 Å². The Labute approximate surface area is 144 Å². The molecule has 0 aliphatic carbocycles. The van der Waals surface area contributed by atoms with Crippen molar-refractivity contribution in [2.45, 2.75) is 6.92 Å². The van der Waals surface area contributed by atoms with Crippen LogP contribution in [0.4, 0.5) is 0 Å². The number of hydrogen-bond acceptors (Lipinski definition) is 2. The monoisotopic (exact) mass is 324 g/mol. The third kappa shape index (κ3) is 1.97. The molecule has 0 saturated carbocycles. The summed E-state index contributed by atoms with van der Waals surface area (Å²) in [5, 5.41) is 28.7. The van der Waals surface area contributed by atoms with Gasteiger partial charge in [0.1, 0.15) is 11.5 Å². The van der Waals surface area contributed by atoms with Gasteiger partial charge in [-0.25, -0.2) is 0 Å². The van der Waals surface area contributed by atoms with Crippen LogP contribution in [0.1, 0.15) is 5.56 Å². The average molecular weight is 324 g/mol. The van der Waals surface area contributed by atoms with Crippen molar-refractivity contribution in [2.75, 3.05) is 0 Å². The van der Waals surface area contributed by atoms with Gasteiger partial charge < -0.3 is 10.2 Å². The third-order valence-electron chi connectivity index (χ3n) is 5.03. The highest BCUT2D eigenvalue weighted by molar-refractivity contribution is 6.14. The minimum Gasteiger partial charge on any atom is -0.507 e. The Balaban J connectivity index is 1.99. The lowest BCUT2D eigenvalue weighted by Crippen LogP contribution is -1.84. The predicted octanol–water partition coefficient (Wildman–Crippen LogP) is 6.02. The van der Waals surface area contributed by atoms with Gasteiger partial charge >= 0.3 is 0 Å². The van der Waals surface area contributed by atoms with Gasteiger partial charge in [0.05, 0.1) is 0 Å². The molecule has 0 amide bonds. The molecule has 0 spiro atoms. The standard InChI is InChI=1S/C23H16O2/c1-13-6-7-15-10-17-11-16-9-14-4-2-3-5-18(14)22(24)20(16)12-21(17)23(25)19(15)8-13/h2-12,24-25H,1H3. The first-order valence-electron chi connectivity index (χ1n) is 8.32. The van der Waals surface area contributed by atoms with E-state index in [-0.39, 0.29) is 11.5 Å². The first-order chi connectivity index (χ1) is 12.1. The maximum atomic E-state index is 10.8. The maximum absolute atomic E-state index is 10.8. The minimum absolute atomic E-state index is 0.263. The summed E-state index contributed by atoms with van der Waals surface area (Å²) in [7, 11) is 0. The van der Waals surface area contributed by atoms with E-state index in [4.69, 9.17) is 0 Å². The van der Waals surface area contributed by atoms with Crippen LogP contribution < -0.4 is 0 Å². The van der Waals surface area contributed by atoms with E-state index in [9.17, 15) is 10.2 Å². The molecule has 0 bridgehead atoms. The summed E-state index contributed by atoms with van der Waals surface area (Å²) in [5.74, 6) is 0.532. The topological polar surface area (TPSA) is 40.5 Å². The number of aryl methyl sites for hydroxylation is 1. The van der Waals surface area contributed by atoms with E-state index in [0.717, 1.165) is 48.7 Å². The number of fused-ring (bicyclic) bond motifs is 4. The highest BCUT2D eigenvalue weighted by Gasteiger charge is 2.12. The second kappa shape index (κ2) is 4.87. The van der Waals surface area contributed by atoms with Crippen molar-refractivity contribution in [3.63, 3.8) is 0 Å². The number of benzene rings is 5. The molecule has 2 heteroatoms. The first kappa shape index (κ1) is 14.1. The van der Waals surface area contributed by atoms with Gasteiger partial charge in [0.2, 0.25) is 0 Å². The zero-order valence-electron chi connectivity index (χ0n) is 13.7. The van der Waals surface area contributed by atoms with Crippen LogP contribution in [0, 0.1) is 6.92 Å². The van der Waals surface area contributed by atoms with E-state index in [0.29, 0.717) is 0 Å². The molecule has 0 aromatic heterocycles. The van der Waals surface area contributed by atoms with E-state index in [1.807, 2.05) is 61.5 Å². The molecule has 2 nitrogen and oxygen atoms in total. The number of aromatic hydroxyl groups is 2. The van der Waals surface area contributed by atoms with E-state index in [2.05, 4.69) is 12.1 Å². The highest BCUT2D eigenvalue weighted by Crippen LogP contribution is 2.40. The Hall–Kier alpha value is -3.26. The van der Waals surface area contributed by atoms with Crippen LogP contribution in [0.25, 0.3) is 43.1 Å². The van der Waals surface area contributed by atoms with Crippen LogP contribution in [0.5, 0.6) is 11.5 Å². The zero-order chi connectivity index (χ0) is 17.1. The summed E-state index contributed by atoms with van der Waals surface area (Å²) in [6.45, 7) is 2.02. The largest absolute Gasteiger partial charge is 0.507 e. The number of rotatable bonds is 0. The molecule has 0 heterocycles. The molecular weight excluding hydrogens is 308 g/mol. The van der Waals surface area contributed by atoms with Crippen molar-refractivity contribution >= 4 is 43.1 Å². The lowest BCUT2D eigenvalue weighted by molar-refractivity contribution is 0.487. The quantitative estimate of drug-likeness (QED) is 0.342. The fourth-order valence-electron chi connectivity index (χ4n) is 3.75. The second-order valence-corrected chi connectivity index (χ2v) is 6.69. The SMILES string of the molecule is Cc1ccc2cc3cc4cc5ccccc5c(O)c4cc3c(O)c2c1. The Morgan fingerprint density at radius 3 is 1.84 bits per heavy atom. The highest BCUT2D eigenvalue weighted by atomic mass is 16.3. The smallest absolute Gasteiger partial charge is 0.131 e. The van der Waals surface area contributed by atoms with Gasteiger partial charge in [-0.05, 0) is 58.8 Å². The van der Waals surface area contributed by atoms with Crippen LogP contribution >= 0.6 is 0 Å². The van der Waals surface area contributed by atoms with Gasteiger partial charge in [-0.2, -0.15) is 0 Å². The molecule has 2 N–H and O–H groups in total. The van der Waals surface area contributed by atoms with Crippen molar-refractivity contribution in [3.05, 3.63) is 72.3 Å². The number of phenolic OH excluding ortho intramolecular Hbond substituents is 2. The molecule has 25 heavy (non-hydrogen) atoms. The van der Waals surface area contributed by atoms with Gasteiger partial charge in [0.15, 0.2) is 0 Å². The molecule has 0 fully saturated rings. The fraction of sp³-hybridized carbons (Fsp3) is 0.0435. The zero-order valence-corrected chi connectivity index (χ0v) is 13.7. The molecule has 0 aliphatic heterocycles. The van der Waals surface area contributed by atoms with Crippen LogP contribution in [0.3, 0.4) is 0 Å². The van der Waals surface area contributed by atoms with E-state index in [1.54, 1.807) is 0 Å². The minimum atomic E-state index is 0.263. The third-order valence-corrected chi connectivity index (χ3v) is 5.03. The average Bonchev–Trinajstić information content (AvgIpc) is 2.62. The molecule has 0 unspecified atom stereocenters. The van der Waals surface area contributed by atoms with E-state index < -0.39 is 0 Å².